The predicted octanol–water partition coefficient (Wildman–Crippen LogP) is 3.68. The molecule has 0 bridgehead atoms. The summed E-state index contributed by atoms with van der Waals surface area (Å²) in [6.07, 6.45) is 7.54. The molecule has 0 aliphatic heterocycles. The highest BCUT2D eigenvalue weighted by atomic mass is 16.1. The zero-order valence-electron chi connectivity index (χ0n) is 10.2. The van der Waals surface area contributed by atoms with E-state index in [0.29, 0.717) is 37.2 Å². The quantitative estimate of drug-likeness (QED) is 0.518. The number of carbonyl (C=O) groups is 2. The van der Waals surface area contributed by atoms with E-state index in [9.17, 15) is 9.59 Å². The molecule has 0 rings (SSSR count). The highest BCUT2D eigenvalue weighted by Crippen LogP contribution is 2.06. The van der Waals surface area contributed by atoms with Crippen LogP contribution in [0.4, 0.5) is 0 Å². The molecule has 0 atom stereocenters. The van der Waals surface area contributed by atoms with Crippen molar-refractivity contribution in [2.45, 2.75) is 71.6 Å². The second kappa shape index (κ2) is 9.88. The van der Waals surface area contributed by atoms with Gasteiger partial charge in [-0.3, -0.25) is 9.59 Å². The first-order valence-corrected chi connectivity index (χ1v) is 6.24. The fraction of sp³-hybridized carbons (Fsp3) is 0.846. The van der Waals surface area contributed by atoms with E-state index < -0.39 is 0 Å². The topological polar surface area (TPSA) is 34.1 Å². The summed E-state index contributed by atoms with van der Waals surface area (Å²) in [5, 5.41) is 0. The van der Waals surface area contributed by atoms with Crippen molar-refractivity contribution < 1.29 is 9.59 Å². The van der Waals surface area contributed by atoms with E-state index >= 15 is 0 Å². The molecule has 0 aromatic rings. The number of carbonyl (C=O) groups excluding carboxylic acids is 2. The Morgan fingerprint density at radius 2 is 1.20 bits per heavy atom. The monoisotopic (exact) mass is 212 g/mol. The van der Waals surface area contributed by atoms with Crippen LogP contribution in [0.25, 0.3) is 0 Å². The molecule has 2 heteroatoms. The lowest BCUT2D eigenvalue weighted by Gasteiger charge is -2.00. The third kappa shape index (κ3) is 9.64. The molecule has 0 saturated heterocycles. The van der Waals surface area contributed by atoms with Crippen LogP contribution in [0.2, 0.25) is 0 Å². The number of rotatable bonds is 10. The maximum absolute atomic E-state index is 11.3. The Bertz CT molecular complexity index is 185. The third-order valence-electron chi connectivity index (χ3n) is 2.50. The van der Waals surface area contributed by atoms with Gasteiger partial charge in [0.05, 0.1) is 0 Å². The Morgan fingerprint density at radius 1 is 0.667 bits per heavy atom. The molecule has 2 nitrogen and oxygen atoms in total. The molecule has 0 radical (unpaired) electrons. The van der Waals surface area contributed by atoms with Gasteiger partial charge in [-0.05, 0) is 19.3 Å². The molecule has 88 valence electrons. The SMILES string of the molecule is CCCCCC(=O)CCCC(=O)CCC. The number of ketones is 2. The number of hydrogen-bond acceptors (Lipinski definition) is 2. The van der Waals surface area contributed by atoms with E-state index in [0.717, 1.165) is 32.1 Å². The number of unbranched alkanes of at least 4 members (excludes halogenated alkanes) is 2. The molecule has 0 spiro atoms. The van der Waals surface area contributed by atoms with E-state index in [-0.39, 0.29) is 0 Å². The summed E-state index contributed by atoms with van der Waals surface area (Å²) in [5.41, 5.74) is 0. The summed E-state index contributed by atoms with van der Waals surface area (Å²) >= 11 is 0. The molecule has 0 unspecified atom stereocenters. The number of Topliss-reactive ketones (excluding diaryl/α,β-unsaturated/α-hetero) is 2. The van der Waals surface area contributed by atoms with Crippen molar-refractivity contribution in [3.8, 4) is 0 Å². The minimum absolute atomic E-state index is 0.304. The van der Waals surface area contributed by atoms with Crippen molar-refractivity contribution in [1.29, 1.82) is 0 Å². The van der Waals surface area contributed by atoms with E-state index in [1.165, 1.54) is 0 Å². The molecular formula is C13H24O2. The molecule has 0 fully saturated rings. The lowest BCUT2D eigenvalue weighted by molar-refractivity contribution is -0.120. The first-order chi connectivity index (χ1) is 7.20. The highest BCUT2D eigenvalue weighted by Gasteiger charge is 2.04. The molecule has 0 aliphatic carbocycles. The Balaban J connectivity index is 3.34. The van der Waals surface area contributed by atoms with Gasteiger partial charge in [-0.25, -0.2) is 0 Å². The summed E-state index contributed by atoms with van der Waals surface area (Å²) in [5.74, 6) is 0.631. The van der Waals surface area contributed by atoms with E-state index in [2.05, 4.69) is 6.92 Å². The van der Waals surface area contributed by atoms with Crippen LogP contribution < -0.4 is 0 Å². The Kier molecular flexibility index (Phi) is 9.44. The Hall–Kier alpha value is -0.660. The molecule has 0 amide bonds. The van der Waals surface area contributed by atoms with Crippen molar-refractivity contribution in [3.63, 3.8) is 0 Å². The van der Waals surface area contributed by atoms with Gasteiger partial charge in [-0.15, -0.1) is 0 Å². The van der Waals surface area contributed by atoms with Crippen LogP contribution in [0.1, 0.15) is 71.6 Å². The van der Waals surface area contributed by atoms with Gasteiger partial charge >= 0.3 is 0 Å². The van der Waals surface area contributed by atoms with Gasteiger partial charge in [0.2, 0.25) is 0 Å². The average molecular weight is 212 g/mol. The minimum atomic E-state index is 0.304. The Labute approximate surface area is 93.4 Å². The summed E-state index contributed by atoms with van der Waals surface area (Å²) in [4.78, 5) is 22.5. The predicted molar refractivity (Wildman–Crippen MR) is 62.9 cm³/mol. The maximum Gasteiger partial charge on any atom is 0.132 e. The maximum atomic E-state index is 11.3. The molecule has 0 aromatic heterocycles. The van der Waals surface area contributed by atoms with Crippen molar-refractivity contribution in [1.82, 2.24) is 0 Å². The van der Waals surface area contributed by atoms with Gasteiger partial charge in [0.15, 0.2) is 0 Å². The second-order valence-electron chi connectivity index (χ2n) is 4.14. The van der Waals surface area contributed by atoms with Crippen LogP contribution in [0.15, 0.2) is 0 Å². The van der Waals surface area contributed by atoms with E-state index in [1.807, 2.05) is 6.92 Å². The standard InChI is InChI=1S/C13H24O2/c1-3-5-6-9-13(15)11-7-10-12(14)8-4-2/h3-11H2,1-2H3. The van der Waals surface area contributed by atoms with Crippen molar-refractivity contribution in [2.24, 2.45) is 0 Å². The van der Waals surface area contributed by atoms with Gasteiger partial charge < -0.3 is 0 Å². The van der Waals surface area contributed by atoms with Gasteiger partial charge in [0.1, 0.15) is 11.6 Å². The van der Waals surface area contributed by atoms with Gasteiger partial charge in [-0.2, -0.15) is 0 Å². The summed E-state index contributed by atoms with van der Waals surface area (Å²) in [6, 6.07) is 0. The molecule has 0 saturated carbocycles. The zero-order chi connectivity index (χ0) is 11.5. The number of hydrogen-bond donors (Lipinski definition) is 0. The normalized spacial score (nSPS) is 10.3. The highest BCUT2D eigenvalue weighted by molar-refractivity contribution is 5.81. The van der Waals surface area contributed by atoms with Crippen LogP contribution in [-0.4, -0.2) is 11.6 Å². The third-order valence-corrected chi connectivity index (χ3v) is 2.50. The molecule has 0 heterocycles. The molecule has 0 N–H and O–H groups in total. The Morgan fingerprint density at radius 3 is 1.73 bits per heavy atom. The van der Waals surface area contributed by atoms with E-state index in [1.54, 1.807) is 0 Å². The first kappa shape index (κ1) is 14.3. The smallest absolute Gasteiger partial charge is 0.132 e. The zero-order valence-corrected chi connectivity index (χ0v) is 10.2. The average Bonchev–Trinajstić information content (AvgIpc) is 2.18. The van der Waals surface area contributed by atoms with Crippen molar-refractivity contribution in [2.75, 3.05) is 0 Å². The van der Waals surface area contributed by atoms with Crippen LogP contribution in [-0.2, 0) is 9.59 Å². The van der Waals surface area contributed by atoms with Crippen LogP contribution in [0.3, 0.4) is 0 Å². The summed E-state index contributed by atoms with van der Waals surface area (Å²) in [6.45, 7) is 4.14. The lowest BCUT2D eigenvalue weighted by Crippen LogP contribution is -2.01. The first-order valence-electron chi connectivity index (χ1n) is 6.24. The minimum Gasteiger partial charge on any atom is -0.300 e. The molecule has 0 aliphatic rings. The molecule has 0 aromatic carbocycles. The lowest BCUT2D eigenvalue weighted by atomic mass is 10.0. The summed E-state index contributed by atoms with van der Waals surface area (Å²) in [7, 11) is 0. The van der Waals surface area contributed by atoms with Crippen LogP contribution >= 0.6 is 0 Å². The van der Waals surface area contributed by atoms with Gasteiger partial charge in [-0.1, -0.05) is 26.7 Å². The fourth-order valence-electron chi connectivity index (χ4n) is 1.58. The second-order valence-corrected chi connectivity index (χ2v) is 4.14. The van der Waals surface area contributed by atoms with Gasteiger partial charge in [0, 0.05) is 25.7 Å². The largest absolute Gasteiger partial charge is 0.300 e. The van der Waals surface area contributed by atoms with Crippen LogP contribution in [0, 0.1) is 0 Å². The van der Waals surface area contributed by atoms with E-state index in [4.69, 9.17) is 0 Å². The van der Waals surface area contributed by atoms with Gasteiger partial charge in [0.25, 0.3) is 0 Å². The van der Waals surface area contributed by atoms with Crippen molar-refractivity contribution >= 4 is 11.6 Å². The fourth-order valence-corrected chi connectivity index (χ4v) is 1.58. The molecule has 15 heavy (non-hydrogen) atoms. The molecular weight excluding hydrogens is 188 g/mol. The summed E-state index contributed by atoms with van der Waals surface area (Å²) < 4.78 is 0. The van der Waals surface area contributed by atoms with Crippen LogP contribution in [0.5, 0.6) is 0 Å². The van der Waals surface area contributed by atoms with Crippen molar-refractivity contribution in [3.05, 3.63) is 0 Å².